The molecule has 1 amide bonds. The van der Waals surface area contributed by atoms with E-state index in [0.717, 1.165) is 10.6 Å². The number of carbonyl (C=O) groups excluding carboxylic acids is 2. The summed E-state index contributed by atoms with van der Waals surface area (Å²) in [6, 6.07) is 0. The number of nitrogens with zero attached hydrogens (tertiary/aromatic N) is 1. The highest BCUT2D eigenvalue weighted by Gasteiger charge is 2.50. The highest BCUT2D eigenvalue weighted by atomic mass is 32.2. The minimum absolute atomic E-state index is 0.00778. The molecule has 0 radical (unpaired) electrons. The molecule has 0 spiro atoms. The molecule has 1 saturated heterocycles. The van der Waals surface area contributed by atoms with Crippen LogP contribution in [-0.4, -0.2) is 22.5 Å². The molecular weight excluding hydrogens is 234 g/mol. The summed E-state index contributed by atoms with van der Waals surface area (Å²) in [5, 5.41) is 0.827. The van der Waals surface area contributed by atoms with E-state index < -0.39 is 5.41 Å². The molecule has 0 bridgehead atoms. The monoisotopic (exact) mass is 255 g/mol. The molecule has 0 atom stereocenters. The fourth-order valence-corrected chi connectivity index (χ4v) is 3.45. The predicted octanol–water partition coefficient (Wildman–Crippen LogP) is 3.17. The molecular formula is C13H21NO2S. The Morgan fingerprint density at radius 2 is 1.71 bits per heavy atom. The lowest BCUT2D eigenvalue weighted by atomic mass is 9.82. The van der Waals surface area contributed by atoms with Crippen LogP contribution in [0.4, 0.5) is 0 Å². The molecule has 0 unspecified atom stereocenters. The molecule has 0 aliphatic carbocycles. The van der Waals surface area contributed by atoms with Gasteiger partial charge in [0.25, 0.3) is 0 Å². The summed E-state index contributed by atoms with van der Waals surface area (Å²) in [5.41, 5.74) is 0.221. The van der Waals surface area contributed by atoms with Crippen LogP contribution in [0.3, 0.4) is 0 Å². The van der Waals surface area contributed by atoms with Gasteiger partial charge in [-0.15, -0.1) is 0 Å². The maximum Gasteiger partial charge on any atom is 0.242 e. The second kappa shape index (κ2) is 5.25. The molecule has 17 heavy (non-hydrogen) atoms. The zero-order chi connectivity index (χ0) is 13.2. The lowest BCUT2D eigenvalue weighted by Crippen LogP contribution is -2.50. The van der Waals surface area contributed by atoms with E-state index in [9.17, 15) is 9.59 Å². The Labute approximate surface area is 108 Å². The summed E-state index contributed by atoms with van der Waals surface area (Å²) in [6.45, 7) is 10.3. The highest BCUT2D eigenvalue weighted by molar-refractivity contribution is 8.17. The molecule has 1 rings (SSSR count). The first kappa shape index (κ1) is 14.3. The van der Waals surface area contributed by atoms with Crippen molar-refractivity contribution in [2.24, 2.45) is 5.41 Å². The quantitative estimate of drug-likeness (QED) is 0.727. The largest absolute Gasteiger partial charge is 0.306 e. The van der Waals surface area contributed by atoms with Crippen LogP contribution < -0.4 is 0 Å². The van der Waals surface area contributed by atoms with Crippen LogP contribution in [0.15, 0.2) is 10.6 Å². The first-order chi connectivity index (χ1) is 7.94. The van der Waals surface area contributed by atoms with Crippen molar-refractivity contribution in [3.05, 3.63) is 10.6 Å². The fourth-order valence-electron chi connectivity index (χ4n) is 2.18. The van der Waals surface area contributed by atoms with Crippen molar-refractivity contribution in [2.45, 2.75) is 47.5 Å². The van der Waals surface area contributed by atoms with Crippen LogP contribution in [0.25, 0.3) is 0 Å². The summed E-state index contributed by atoms with van der Waals surface area (Å²) in [5.74, 6) is -0.0232. The smallest absolute Gasteiger partial charge is 0.242 e. The number of amides is 1. The second-order valence-corrected chi connectivity index (χ2v) is 5.49. The van der Waals surface area contributed by atoms with E-state index in [0.29, 0.717) is 19.4 Å². The van der Waals surface area contributed by atoms with Gasteiger partial charge in [0.2, 0.25) is 11.0 Å². The van der Waals surface area contributed by atoms with Crippen molar-refractivity contribution in [2.75, 3.05) is 6.54 Å². The van der Waals surface area contributed by atoms with E-state index in [1.807, 2.05) is 34.6 Å². The molecule has 0 N–H and O–H groups in total. The maximum atomic E-state index is 12.5. The average molecular weight is 255 g/mol. The maximum absolute atomic E-state index is 12.5. The highest BCUT2D eigenvalue weighted by Crippen LogP contribution is 2.44. The van der Waals surface area contributed by atoms with Gasteiger partial charge < -0.3 is 4.90 Å². The Kier molecular flexibility index (Phi) is 4.42. The van der Waals surface area contributed by atoms with Gasteiger partial charge in [0, 0.05) is 6.54 Å². The molecule has 1 fully saturated rings. The van der Waals surface area contributed by atoms with E-state index >= 15 is 0 Å². The summed E-state index contributed by atoms with van der Waals surface area (Å²) in [7, 11) is 0. The second-order valence-electron chi connectivity index (χ2n) is 4.53. The van der Waals surface area contributed by atoms with Gasteiger partial charge in [-0.25, -0.2) is 0 Å². The van der Waals surface area contributed by atoms with Gasteiger partial charge in [-0.2, -0.15) is 0 Å². The first-order valence-corrected chi connectivity index (χ1v) is 6.97. The molecule has 1 aliphatic heterocycles. The Hall–Kier alpha value is -0.770. The standard InChI is InChI=1S/C13H21NO2S/c1-6-13(7-2)11(15)14(8-3)10(9(4)5)17-12(13)16/h6-8H2,1-5H3. The lowest BCUT2D eigenvalue weighted by Gasteiger charge is -2.40. The topological polar surface area (TPSA) is 37.4 Å². The average Bonchev–Trinajstić information content (AvgIpc) is 2.30. The van der Waals surface area contributed by atoms with Gasteiger partial charge in [-0.1, -0.05) is 13.8 Å². The van der Waals surface area contributed by atoms with E-state index in [4.69, 9.17) is 0 Å². The van der Waals surface area contributed by atoms with Crippen LogP contribution in [-0.2, 0) is 9.59 Å². The molecule has 0 aromatic carbocycles. The van der Waals surface area contributed by atoms with E-state index in [-0.39, 0.29) is 11.0 Å². The number of hydrogen-bond donors (Lipinski definition) is 0. The van der Waals surface area contributed by atoms with Crippen molar-refractivity contribution in [3.8, 4) is 0 Å². The van der Waals surface area contributed by atoms with Crippen molar-refractivity contribution in [1.29, 1.82) is 0 Å². The van der Waals surface area contributed by atoms with Gasteiger partial charge in [-0.05, 0) is 50.9 Å². The van der Waals surface area contributed by atoms with Crippen molar-refractivity contribution >= 4 is 22.8 Å². The van der Waals surface area contributed by atoms with Gasteiger partial charge >= 0.3 is 0 Å². The predicted molar refractivity (Wildman–Crippen MR) is 71.4 cm³/mol. The van der Waals surface area contributed by atoms with Crippen LogP contribution >= 0.6 is 11.8 Å². The molecule has 0 saturated carbocycles. The number of rotatable bonds is 3. The van der Waals surface area contributed by atoms with Crippen molar-refractivity contribution in [3.63, 3.8) is 0 Å². The molecule has 3 nitrogen and oxygen atoms in total. The normalized spacial score (nSPS) is 19.8. The Morgan fingerprint density at radius 1 is 1.18 bits per heavy atom. The van der Waals surface area contributed by atoms with Crippen LogP contribution in [0, 0.1) is 5.41 Å². The third-order valence-corrected chi connectivity index (χ3v) is 4.83. The number of allylic oxidation sites excluding steroid dienone is 1. The molecule has 1 heterocycles. The number of hydrogen-bond acceptors (Lipinski definition) is 3. The zero-order valence-electron chi connectivity index (χ0n) is 11.3. The summed E-state index contributed by atoms with van der Waals surface area (Å²) in [4.78, 5) is 26.5. The first-order valence-electron chi connectivity index (χ1n) is 6.16. The number of carbonyl (C=O) groups is 2. The third-order valence-electron chi connectivity index (χ3n) is 3.43. The SMILES string of the molecule is CCN1C(=O)C(CC)(CC)C(=O)SC1=C(C)C. The fraction of sp³-hybridized carbons (Fsp3) is 0.692. The van der Waals surface area contributed by atoms with Gasteiger partial charge in [0.05, 0.1) is 5.03 Å². The summed E-state index contributed by atoms with van der Waals surface area (Å²) in [6.07, 6.45) is 1.17. The molecule has 96 valence electrons. The Bertz CT molecular complexity index is 366. The summed E-state index contributed by atoms with van der Waals surface area (Å²) >= 11 is 1.23. The van der Waals surface area contributed by atoms with Crippen molar-refractivity contribution < 1.29 is 9.59 Å². The lowest BCUT2D eigenvalue weighted by molar-refractivity contribution is -0.145. The summed E-state index contributed by atoms with van der Waals surface area (Å²) < 4.78 is 0. The number of thioether (sulfide) groups is 1. The molecule has 1 aliphatic rings. The minimum Gasteiger partial charge on any atom is -0.306 e. The van der Waals surface area contributed by atoms with E-state index in [2.05, 4.69) is 0 Å². The third kappa shape index (κ3) is 2.15. The van der Waals surface area contributed by atoms with E-state index in [1.165, 1.54) is 11.8 Å². The van der Waals surface area contributed by atoms with Gasteiger partial charge in [-0.3, -0.25) is 9.59 Å². The van der Waals surface area contributed by atoms with Crippen LogP contribution in [0.2, 0.25) is 0 Å². The van der Waals surface area contributed by atoms with Gasteiger partial charge in [0.15, 0.2) is 0 Å². The van der Waals surface area contributed by atoms with Gasteiger partial charge in [0.1, 0.15) is 5.41 Å². The zero-order valence-corrected chi connectivity index (χ0v) is 12.1. The molecule has 0 aromatic heterocycles. The Morgan fingerprint density at radius 3 is 2.06 bits per heavy atom. The van der Waals surface area contributed by atoms with Crippen molar-refractivity contribution in [1.82, 2.24) is 4.90 Å². The van der Waals surface area contributed by atoms with Crippen LogP contribution in [0.1, 0.15) is 47.5 Å². The minimum atomic E-state index is -0.806. The molecule has 0 aromatic rings. The van der Waals surface area contributed by atoms with E-state index in [1.54, 1.807) is 4.90 Å². The van der Waals surface area contributed by atoms with Crippen LogP contribution in [0.5, 0.6) is 0 Å². The Balaban J connectivity index is 3.26. The molecule has 4 heteroatoms.